The first-order chi connectivity index (χ1) is 5.88. The average molecular weight is 178 g/mol. The summed E-state index contributed by atoms with van der Waals surface area (Å²) in [5.41, 5.74) is 0. The van der Waals surface area contributed by atoms with Crippen LogP contribution >= 0.6 is 11.8 Å². The molecule has 2 nitrogen and oxygen atoms in total. The van der Waals surface area contributed by atoms with Gasteiger partial charge in [0.1, 0.15) is 11.2 Å². The number of para-hydroxylation sites is 1. The van der Waals surface area contributed by atoms with Gasteiger partial charge in [-0.3, -0.25) is 0 Å². The highest BCUT2D eigenvalue weighted by atomic mass is 32.2. The van der Waals surface area contributed by atoms with Crippen molar-refractivity contribution in [3.8, 4) is 11.2 Å². The van der Waals surface area contributed by atoms with E-state index >= 15 is 0 Å². The molecular formula is C9H8NOS. The molecule has 0 aromatic heterocycles. The van der Waals surface area contributed by atoms with E-state index in [4.69, 9.17) is 10.00 Å². The second-order valence-corrected chi connectivity index (χ2v) is 2.82. The molecule has 0 N–H and O–H groups in total. The van der Waals surface area contributed by atoms with Gasteiger partial charge in [-0.15, -0.1) is 0 Å². The topological polar surface area (TPSA) is 33.0 Å². The Morgan fingerprint density at radius 1 is 1.50 bits per heavy atom. The Kier molecular flexibility index (Phi) is 3.49. The predicted molar refractivity (Wildman–Crippen MR) is 48.8 cm³/mol. The van der Waals surface area contributed by atoms with Crippen molar-refractivity contribution in [1.29, 1.82) is 5.26 Å². The second kappa shape index (κ2) is 4.68. The number of hydrogen-bond acceptors (Lipinski definition) is 3. The molecule has 1 aromatic carbocycles. The largest absolute Gasteiger partial charge is 0.492 e. The molecule has 0 atom stereocenters. The smallest absolute Gasteiger partial charge is 0.138 e. The van der Waals surface area contributed by atoms with Crippen molar-refractivity contribution >= 4 is 11.8 Å². The Bertz CT molecular complexity index is 293. The van der Waals surface area contributed by atoms with Gasteiger partial charge in [-0.25, -0.2) is 0 Å². The zero-order chi connectivity index (χ0) is 8.81. The van der Waals surface area contributed by atoms with Crippen molar-refractivity contribution in [3.63, 3.8) is 0 Å². The monoisotopic (exact) mass is 178 g/mol. The summed E-state index contributed by atoms with van der Waals surface area (Å²) >= 11 is 1.09. The molecule has 0 saturated heterocycles. The van der Waals surface area contributed by atoms with E-state index in [0.717, 1.165) is 22.4 Å². The van der Waals surface area contributed by atoms with E-state index < -0.39 is 0 Å². The number of rotatable bonds is 3. The third kappa shape index (κ3) is 2.18. The van der Waals surface area contributed by atoms with E-state index in [-0.39, 0.29) is 0 Å². The van der Waals surface area contributed by atoms with Gasteiger partial charge in [0.25, 0.3) is 0 Å². The van der Waals surface area contributed by atoms with Crippen LogP contribution in [-0.2, 0) is 0 Å². The van der Waals surface area contributed by atoms with Crippen molar-refractivity contribution < 1.29 is 4.74 Å². The summed E-state index contributed by atoms with van der Waals surface area (Å²) in [6, 6.07) is 7.41. The predicted octanol–water partition coefficient (Wildman–Crippen LogP) is 2.47. The fraction of sp³-hybridized carbons (Fsp3) is 0.111. The molecule has 0 fully saturated rings. The summed E-state index contributed by atoms with van der Waals surface area (Å²) in [4.78, 5) is 0.837. The number of hydrogen-bond donors (Lipinski definition) is 0. The molecule has 3 heteroatoms. The van der Waals surface area contributed by atoms with Crippen LogP contribution < -0.4 is 4.74 Å². The van der Waals surface area contributed by atoms with Crippen LogP contribution in [0, 0.1) is 17.6 Å². The molecule has 1 rings (SSSR count). The zero-order valence-electron chi connectivity index (χ0n) is 6.49. The standard InChI is InChI=1S/C9H8NOS/c1-2-11-8-5-3-4-6-9(8)12-7-10/h3-6H,1-2H2. The molecule has 12 heavy (non-hydrogen) atoms. The Balaban J connectivity index is 2.85. The normalized spacial score (nSPS) is 9.00. The van der Waals surface area contributed by atoms with Crippen LogP contribution in [0.25, 0.3) is 0 Å². The van der Waals surface area contributed by atoms with Crippen molar-refractivity contribution in [2.75, 3.05) is 6.61 Å². The summed E-state index contributed by atoms with van der Waals surface area (Å²) in [7, 11) is 0. The van der Waals surface area contributed by atoms with E-state index in [1.807, 2.05) is 29.7 Å². The van der Waals surface area contributed by atoms with Crippen LogP contribution in [-0.4, -0.2) is 6.61 Å². The van der Waals surface area contributed by atoms with Crippen LogP contribution in [0.4, 0.5) is 0 Å². The first kappa shape index (κ1) is 8.95. The Labute approximate surface area is 76.2 Å². The van der Waals surface area contributed by atoms with Crippen molar-refractivity contribution in [2.45, 2.75) is 4.90 Å². The molecule has 0 aliphatic heterocycles. The van der Waals surface area contributed by atoms with Crippen LogP contribution in [0.2, 0.25) is 0 Å². The Hall–Kier alpha value is -1.14. The van der Waals surface area contributed by atoms with Gasteiger partial charge in [-0.1, -0.05) is 12.1 Å². The van der Waals surface area contributed by atoms with E-state index in [2.05, 4.69) is 6.92 Å². The summed E-state index contributed by atoms with van der Waals surface area (Å²) in [6.07, 6.45) is 0. The van der Waals surface area contributed by atoms with Gasteiger partial charge < -0.3 is 4.74 Å². The second-order valence-electron chi connectivity index (χ2n) is 1.99. The van der Waals surface area contributed by atoms with Crippen LogP contribution in [0.5, 0.6) is 5.75 Å². The van der Waals surface area contributed by atoms with E-state index in [1.165, 1.54) is 0 Å². The minimum absolute atomic E-state index is 0.378. The first-order valence-electron chi connectivity index (χ1n) is 3.45. The molecule has 0 spiro atoms. The zero-order valence-corrected chi connectivity index (χ0v) is 7.30. The number of nitriles is 1. The summed E-state index contributed by atoms with van der Waals surface area (Å²) in [6.45, 7) is 3.95. The van der Waals surface area contributed by atoms with Crippen LogP contribution in [0.3, 0.4) is 0 Å². The van der Waals surface area contributed by atoms with Gasteiger partial charge >= 0.3 is 0 Å². The van der Waals surface area contributed by atoms with E-state index in [0.29, 0.717) is 6.61 Å². The summed E-state index contributed by atoms with van der Waals surface area (Å²) in [5.74, 6) is 0.721. The molecule has 0 amide bonds. The fourth-order valence-electron chi connectivity index (χ4n) is 0.813. The highest BCUT2D eigenvalue weighted by molar-refractivity contribution is 8.03. The molecule has 0 aliphatic rings. The third-order valence-electron chi connectivity index (χ3n) is 1.26. The maximum absolute atomic E-state index is 8.45. The van der Waals surface area contributed by atoms with Crippen LogP contribution in [0.15, 0.2) is 29.2 Å². The van der Waals surface area contributed by atoms with Gasteiger partial charge in [0.2, 0.25) is 0 Å². The highest BCUT2D eigenvalue weighted by Crippen LogP contribution is 2.27. The minimum Gasteiger partial charge on any atom is -0.492 e. The molecule has 1 aromatic rings. The van der Waals surface area contributed by atoms with E-state index in [9.17, 15) is 0 Å². The van der Waals surface area contributed by atoms with Gasteiger partial charge in [-0.05, 0) is 30.8 Å². The first-order valence-corrected chi connectivity index (χ1v) is 4.27. The average Bonchev–Trinajstić information content (AvgIpc) is 2.09. The van der Waals surface area contributed by atoms with Gasteiger partial charge in [0, 0.05) is 0 Å². The lowest BCUT2D eigenvalue weighted by molar-refractivity contribution is 0.352. The molecule has 0 heterocycles. The fourth-order valence-corrected chi connectivity index (χ4v) is 1.29. The van der Waals surface area contributed by atoms with Crippen molar-refractivity contribution in [2.24, 2.45) is 0 Å². The van der Waals surface area contributed by atoms with Crippen molar-refractivity contribution in [1.82, 2.24) is 0 Å². The number of benzene rings is 1. The molecular weight excluding hydrogens is 170 g/mol. The lowest BCUT2D eigenvalue weighted by atomic mass is 10.3. The maximum Gasteiger partial charge on any atom is 0.138 e. The molecule has 0 bridgehead atoms. The summed E-state index contributed by atoms with van der Waals surface area (Å²) in [5, 5.41) is 10.5. The molecule has 0 saturated carbocycles. The molecule has 61 valence electrons. The lowest BCUT2D eigenvalue weighted by Crippen LogP contribution is -1.92. The highest BCUT2D eigenvalue weighted by Gasteiger charge is 2.00. The molecule has 0 aliphatic carbocycles. The number of ether oxygens (including phenoxy) is 1. The quantitative estimate of drug-likeness (QED) is 0.526. The molecule has 0 unspecified atom stereocenters. The number of thiocyanates is 1. The van der Waals surface area contributed by atoms with Crippen molar-refractivity contribution in [3.05, 3.63) is 31.2 Å². The van der Waals surface area contributed by atoms with Gasteiger partial charge in [0.05, 0.1) is 11.5 Å². The minimum atomic E-state index is 0.378. The van der Waals surface area contributed by atoms with E-state index in [1.54, 1.807) is 0 Å². The maximum atomic E-state index is 8.45. The van der Waals surface area contributed by atoms with Gasteiger partial charge in [-0.2, -0.15) is 5.26 Å². The number of thioether (sulfide) groups is 1. The SMILES string of the molecule is [CH2]COc1ccccc1SC#N. The summed E-state index contributed by atoms with van der Waals surface area (Å²) < 4.78 is 5.21. The van der Waals surface area contributed by atoms with Gasteiger partial charge in [0.15, 0.2) is 0 Å². The third-order valence-corrected chi connectivity index (χ3v) is 1.91. The lowest BCUT2D eigenvalue weighted by Gasteiger charge is -2.05. The molecule has 1 radical (unpaired) electrons. The Morgan fingerprint density at radius 2 is 2.25 bits per heavy atom. The number of nitrogens with zero attached hydrogens (tertiary/aromatic N) is 1. The van der Waals surface area contributed by atoms with Crippen LogP contribution in [0.1, 0.15) is 0 Å². The Morgan fingerprint density at radius 3 is 2.92 bits per heavy atom.